The molecule has 9 heteroatoms. The van der Waals surface area contributed by atoms with Gasteiger partial charge in [0, 0.05) is 9.80 Å². The van der Waals surface area contributed by atoms with Crippen LogP contribution in [0, 0.1) is 0 Å². The summed E-state index contributed by atoms with van der Waals surface area (Å²) in [5.41, 5.74) is -4.71. The van der Waals surface area contributed by atoms with Crippen LogP contribution in [0.1, 0.15) is 31.7 Å². The lowest BCUT2D eigenvalue weighted by molar-refractivity contribution is -1.91. The van der Waals surface area contributed by atoms with Crippen LogP contribution in [0.4, 0.5) is 13.2 Å². The number of unbranched alkanes of at least 4 members (excludes halogenated alkanes) is 1. The molecule has 2 rings (SSSR count). The Morgan fingerprint density at radius 3 is 2.36 bits per heavy atom. The fourth-order valence-corrected chi connectivity index (χ4v) is 8.93. The smallest absolute Gasteiger partial charge is 0.254 e. The van der Waals surface area contributed by atoms with E-state index in [1.165, 1.54) is 24.3 Å². The van der Waals surface area contributed by atoms with Gasteiger partial charge in [0.05, 0.1) is 2.51 Å². The SMILES string of the molecule is CCCCC1=Cc2ccccc2S1(O[I+3]([O-])([O-])[O-])C(F)(F)F. The van der Waals surface area contributed by atoms with Crippen LogP contribution in [0.15, 0.2) is 34.1 Å². The van der Waals surface area contributed by atoms with Crippen molar-refractivity contribution < 1.29 is 46.1 Å². The molecule has 0 bridgehead atoms. The summed E-state index contributed by atoms with van der Waals surface area (Å²) in [7, 11) is -4.30. The first-order valence-electron chi connectivity index (χ1n) is 6.43. The van der Waals surface area contributed by atoms with E-state index in [1.54, 1.807) is 6.07 Å². The van der Waals surface area contributed by atoms with Crippen LogP contribution in [-0.4, -0.2) is 5.51 Å². The Morgan fingerprint density at radius 2 is 1.82 bits per heavy atom. The number of rotatable bonds is 5. The van der Waals surface area contributed by atoms with Gasteiger partial charge < -0.3 is 0 Å². The average molecular weight is 450 g/mol. The van der Waals surface area contributed by atoms with Gasteiger partial charge in [-0.15, -0.1) is 0 Å². The van der Waals surface area contributed by atoms with E-state index >= 15 is 0 Å². The molecule has 0 saturated heterocycles. The van der Waals surface area contributed by atoms with Gasteiger partial charge in [-0.1, -0.05) is 31.5 Å². The predicted molar refractivity (Wildman–Crippen MR) is 66.9 cm³/mol. The quantitative estimate of drug-likeness (QED) is 0.526. The number of hydrogen-bond acceptors (Lipinski definition) is 4. The first-order valence-corrected chi connectivity index (χ1v) is 11.5. The van der Waals surface area contributed by atoms with Crippen LogP contribution in [0.3, 0.4) is 0 Å². The highest BCUT2D eigenvalue weighted by Gasteiger charge is 2.67. The Morgan fingerprint density at radius 1 is 1.18 bits per heavy atom. The lowest BCUT2D eigenvalue weighted by Crippen LogP contribution is -4.23. The summed E-state index contributed by atoms with van der Waals surface area (Å²) in [4.78, 5) is -0.414. The van der Waals surface area contributed by atoms with Crippen molar-refractivity contribution in [3.8, 4) is 0 Å². The maximum atomic E-state index is 13.8. The third-order valence-electron chi connectivity index (χ3n) is 3.19. The molecule has 1 aliphatic heterocycles. The molecule has 1 unspecified atom stereocenters. The molecule has 0 spiro atoms. The van der Waals surface area contributed by atoms with E-state index in [1.807, 2.05) is 6.92 Å². The molecule has 1 aliphatic rings. The summed E-state index contributed by atoms with van der Waals surface area (Å²) in [6.07, 6.45) is 2.43. The van der Waals surface area contributed by atoms with Gasteiger partial charge in [0.15, 0.2) is 0 Å². The maximum Gasteiger partial charge on any atom is 0.466 e. The highest BCUT2D eigenvalue weighted by atomic mass is 127. The number of fused-ring (bicyclic) bond motifs is 1. The fourth-order valence-electron chi connectivity index (χ4n) is 2.33. The lowest BCUT2D eigenvalue weighted by atomic mass is 10.2. The second kappa shape index (κ2) is 6.29. The summed E-state index contributed by atoms with van der Waals surface area (Å²) in [6, 6.07) is 5.57. The molecule has 124 valence electrons. The molecule has 0 N–H and O–H groups in total. The minimum atomic E-state index is -6.57. The van der Waals surface area contributed by atoms with Crippen LogP contribution < -0.4 is 30.4 Å². The first kappa shape index (κ1) is 18.0. The van der Waals surface area contributed by atoms with Gasteiger partial charge in [-0.3, -0.25) is 10.3 Å². The Bertz CT molecular complexity index is 585. The largest absolute Gasteiger partial charge is 0.466 e. The summed E-state index contributed by atoms with van der Waals surface area (Å²) in [5, 5.41) is 0. The van der Waals surface area contributed by atoms with Crippen molar-refractivity contribution in [2.75, 3.05) is 0 Å². The highest BCUT2D eigenvalue weighted by Crippen LogP contribution is 2.76. The van der Waals surface area contributed by atoms with Crippen molar-refractivity contribution >= 4 is 16.4 Å². The molecule has 4 nitrogen and oxygen atoms in total. The normalized spacial score (nSPS) is 24.6. The maximum absolute atomic E-state index is 13.8. The molecule has 1 atom stereocenters. The van der Waals surface area contributed by atoms with Crippen molar-refractivity contribution in [2.45, 2.75) is 36.6 Å². The van der Waals surface area contributed by atoms with E-state index in [4.69, 9.17) is 0 Å². The van der Waals surface area contributed by atoms with Crippen LogP contribution in [0.2, 0.25) is 0 Å². The summed E-state index contributed by atoms with van der Waals surface area (Å²) < 4.78 is 78.9. The summed E-state index contributed by atoms with van der Waals surface area (Å²) >= 11 is -6.57. The second-order valence-electron chi connectivity index (χ2n) is 4.69. The molecule has 0 aromatic heterocycles. The zero-order chi connectivity index (χ0) is 16.6. The molecule has 0 fully saturated rings. The zero-order valence-corrected chi connectivity index (χ0v) is 14.5. The number of allylic oxidation sites excluding steroid dienone is 1. The van der Waals surface area contributed by atoms with E-state index in [2.05, 4.69) is 2.51 Å². The molecule has 1 heterocycles. The van der Waals surface area contributed by atoms with Crippen LogP contribution >= 0.6 is 10.3 Å². The van der Waals surface area contributed by atoms with E-state index in [0.717, 1.165) is 0 Å². The topological polar surface area (TPSA) is 78.4 Å². The average Bonchev–Trinajstić information content (AvgIpc) is 2.69. The molecule has 0 radical (unpaired) electrons. The third-order valence-corrected chi connectivity index (χ3v) is 9.17. The van der Waals surface area contributed by atoms with E-state index in [9.17, 15) is 23.5 Å². The second-order valence-corrected chi connectivity index (χ2v) is 10.6. The molecule has 22 heavy (non-hydrogen) atoms. The summed E-state index contributed by atoms with van der Waals surface area (Å²) in [6.45, 7) is 1.81. The molecular weight excluding hydrogens is 436 g/mol. The predicted octanol–water partition coefficient (Wildman–Crippen LogP) is -1.25. The van der Waals surface area contributed by atoms with Crippen LogP contribution in [-0.2, 0) is 2.51 Å². The Kier molecular flexibility index (Phi) is 5.15. The molecule has 1 aromatic rings. The Labute approximate surface area is 133 Å². The minimum absolute atomic E-state index is 0.0388. The van der Waals surface area contributed by atoms with Gasteiger partial charge in [0.25, 0.3) is 0 Å². The Hall–Kier alpha value is -0.330. The van der Waals surface area contributed by atoms with Crippen molar-refractivity contribution in [1.82, 2.24) is 0 Å². The van der Waals surface area contributed by atoms with Gasteiger partial charge in [-0.05, 0) is 30.5 Å². The first-order chi connectivity index (χ1) is 10.1. The minimum Gasteiger partial charge on any atom is -0.254 e. The standard InChI is InChI=1S/C13H14F3IO4S/c1-2-3-7-11-9-10-6-4-5-8-12(10)22(11,13(14,15)16)21-17(18,19)20/h4-6,8-9H,2-3,7H2,1H3. The van der Waals surface area contributed by atoms with Gasteiger partial charge >= 0.3 is 25.6 Å². The van der Waals surface area contributed by atoms with Crippen molar-refractivity contribution in [3.05, 3.63) is 34.7 Å². The number of halogens is 4. The van der Waals surface area contributed by atoms with Crippen molar-refractivity contribution in [3.63, 3.8) is 0 Å². The fraction of sp³-hybridized carbons (Fsp3) is 0.385. The highest BCUT2D eigenvalue weighted by molar-refractivity contribution is 8.34. The lowest BCUT2D eigenvalue weighted by Gasteiger charge is -2.34. The molecule has 1 aromatic carbocycles. The molecule has 0 aliphatic carbocycles. The van der Waals surface area contributed by atoms with Gasteiger partial charge in [0.2, 0.25) is 0 Å². The number of benzene rings is 1. The van der Waals surface area contributed by atoms with Gasteiger partial charge in [0.1, 0.15) is 10.3 Å². The number of alkyl halides is 3. The molecule has 0 amide bonds. The number of hydrogen-bond donors (Lipinski definition) is 0. The van der Waals surface area contributed by atoms with Gasteiger partial charge in [-0.25, -0.2) is 0 Å². The molecular formula is C13H14F3IO4S. The third kappa shape index (κ3) is 3.29. The van der Waals surface area contributed by atoms with E-state index in [-0.39, 0.29) is 21.8 Å². The van der Waals surface area contributed by atoms with E-state index in [0.29, 0.717) is 12.8 Å². The zero-order valence-electron chi connectivity index (χ0n) is 11.6. The Balaban J connectivity index is 2.62. The van der Waals surface area contributed by atoms with Crippen LogP contribution in [0.25, 0.3) is 6.08 Å². The summed E-state index contributed by atoms with van der Waals surface area (Å²) in [5.74, 6) is 0. The molecule has 0 saturated carbocycles. The van der Waals surface area contributed by atoms with Crippen molar-refractivity contribution in [2.24, 2.45) is 0 Å². The van der Waals surface area contributed by atoms with Crippen LogP contribution in [0.5, 0.6) is 0 Å². The monoisotopic (exact) mass is 450 g/mol. The van der Waals surface area contributed by atoms with Crippen molar-refractivity contribution in [1.29, 1.82) is 0 Å². The van der Waals surface area contributed by atoms with E-state index < -0.39 is 35.9 Å². The van der Waals surface area contributed by atoms with Gasteiger partial charge in [-0.2, -0.15) is 13.2 Å².